The largest absolute Gasteiger partial charge is 0.496 e. The Morgan fingerprint density at radius 2 is 2.28 bits per heavy atom. The molecule has 18 heavy (non-hydrogen) atoms. The molecule has 100 valence electrons. The van der Waals surface area contributed by atoms with Crippen molar-refractivity contribution in [3.05, 3.63) is 27.7 Å². The average Bonchev–Trinajstić information content (AvgIpc) is 2.51. The van der Waals surface area contributed by atoms with E-state index in [1.807, 2.05) is 11.8 Å². The van der Waals surface area contributed by atoms with Crippen LogP contribution >= 0.6 is 27.7 Å². The average molecular weight is 330 g/mol. The van der Waals surface area contributed by atoms with Gasteiger partial charge in [-0.05, 0) is 30.7 Å². The van der Waals surface area contributed by atoms with Crippen LogP contribution in [0.15, 0.2) is 16.6 Å². The van der Waals surface area contributed by atoms with E-state index in [1.54, 1.807) is 7.11 Å². The monoisotopic (exact) mass is 329 g/mol. The number of hydrogen-bond donors (Lipinski definition) is 1. The zero-order valence-electron chi connectivity index (χ0n) is 11.1. The molecule has 1 aliphatic heterocycles. The van der Waals surface area contributed by atoms with Crippen LogP contribution < -0.4 is 10.1 Å². The van der Waals surface area contributed by atoms with Gasteiger partial charge in [0.2, 0.25) is 0 Å². The Kier molecular flexibility index (Phi) is 4.98. The van der Waals surface area contributed by atoms with Crippen molar-refractivity contribution in [2.75, 3.05) is 13.7 Å². The van der Waals surface area contributed by atoms with E-state index in [2.05, 4.69) is 47.2 Å². The molecule has 2 unspecified atom stereocenters. The van der Waals surface area contributed by atoms with Crippen molar-refractivity contribution in [3.8, 4) is 5.75 Å². The van der Waals surface area contributed by atoms with Gasteiger partial charge in [0.1, 0.15) is 5.75 Å². The van der Waals surface area contributed by atoms with Crippen LogP contribution in [0, 0.1) is 0 Å². The maximum Gasteiger partial charge on any atom is 0.123 e. The molecule has 1 aliphatic rings. The first-order valence-corrected chi connectivity index (χ1v) is 8.21. The van der Waals surface area contributed by atoms with E-state index in [9.17, 15) is 0 Å². The summed E-state index contributed by atoms with van der Waals surface area (Å²) >= 11 is 5.71. The highest BCUT2D eigenvalue weighted by atomic mass is 79.9. The molecule has 4 heteroatoms. The Labute approximate surface area is 122 Å². The molecule has 0 saturated carbocycles. The summed E-state index contributed by atoms with van der Waals surface area (Å²) in [5.41, 5.74) is 2.72. The minimum absolute atomic E-state index is 0.416. The van der Waals surface area contributed by atoms with Gasteiger partial charge < -0.3 is 10.1 Å². The van der Waals surface area contributed by atoms with Crippen molar-refractivity contribution < 1.29 is 4.74 Å². The van der Waals surface area contributed by atoms with Gasteiger partial charge in [-0.1, -0.05) is 29.8 Å². The molecule has 1 aromatic rings. The van der Waals surface area contributed by atoms with Gasteiger partial charge in [0.15, 0.2) is 0 Å². The zero-order chi connectivity index (χ0) is 13.1. The molecule has 0 spiro atoms. The van der Waals surface area contributed by atoms with Gasteiger partial charge in [0.05, 0.1) is 7.11 Å². The van der Waals surface area contributed by atoms with Gasteiger partial charge in [-0.15, -0.1) is 0 Å². The molecule has 0 radical (unpaired) electrons. The highest BCUT2D eigenvalue weighted by Crippen LogP contribution is 2.42. The third-order valence-corrected chi connectivity index (χ3v) is 5.27. The first-order chi connectivity index (χ1) is 8.67. The van der Waals surface area contributed by atoms with Crippen molar-refractivity contribution in [1.29, 1.82) is 0 Å². The number of ether oxygens (including phenoxy) is 1. The van der Waals surface area contributed by atoms with Gasteiger partial charge in [-0.2, -0.15) is 11.8 Å². The lowest BCUT2D eigenvalue weighted by Crippen LogP contribution is -2.23. The van der Waals surface area contributed by atoms with Crippen molar-refractivity contribution in [2.24, 2.45) is 0 Å². The molecular weight excluding hydrogens is 310 g/mol. The summed E-state index contributed by atoms with van der Waals surface area (Å²) in [5, 5.41) is 4.27. The highest BCUT2D eigenvalue weighted by Gasteiger charge is 2.26. The van der Waals surface area contributed by atoms with E-state index >= 15 is 0 Å². The molecule has 0 aromatic heterocycles. The molecule has 1 heterocycles. The van der Waals surface area contributed by atoms with Gasteiger partial charge >= 0.3 is 0 Å². The smallest absolute Gasteiger partial charge is 0.123 e. The summed E-state index contributed by atoms with van der Waals surface area (Å²) in [6.07, 6.45) is 1.16. The van der Waals surface area contributed by atoms with Crippen LogP contribution in [0.3, 0.4) is 0 Å². The number of thioether (sulfide) groups is 1. The second kappa shape index (κ2) is 6.31. The van der Waals surface area contributed by atoms with E-state index < -0.39 is 0 Å². The van der Waals surface area contributed by atoms with Gasteiger partial charge in [0, 0.05) is 27.1 Å². The lowest BCUT2D eigenvalue weighted by atomic mass is 9.97. The number of halogens is 1. The topological polar surface area (TPSA) is 21.3 Å². The van der Waals surface area contributed by atoms with E-state index in [4.69, 9.17) is 4.74 Å². The van der Waals surface area contributed by atoms with Gasteiger partial charge in [0.25, 0.3) is 0 Å². The fourth-order valence-electron chi connectivity index (χ4n) is 2.51. The molecule has 2 rings (SSSR count). The van der Waals surface area contributed by atoms with Crippen LogP contribution in [0.1, 0.15) is 37.4 Å². The molecule has 0 aliphatic carbocycles. The fraction of sp³-hybridized carbons (Fsp3) is 0.571. The molecular formula is C14H20BrNOS. The van der Waals surface area contributed by atoms with Crippen molar-refractivity contribution >= 4 is 27.7 Å². The number of nitrogens with one attached hydrogen (secondary N) is 1. The van der Waals surface area contributed by atoms with Crippen molar-refractivity contribution in [2.45, 2.75) is 37.3 Å². The summed E-state index contributed by atoms with van der Waals surface area (Å²) in [7, 11) is 1.75. The molecule has 2 atom stereocenters. The van der Waals surface area contributed by atoms with Crippen LogP contribution in [0.5, 0.6) is 5.75 Å². The second-order valence-corrected chi connectivity index (χ2v) is 6.89. The first kappa shape index (κ1) is 14.2. The fourth-order valence-corrected chi connectivity index (χ4v) is 4.23. The van der Waals surface area contributed by atoms with E-state index in [1.165, 1.54) is 15.6 Å². The number of rotatable bonds is 3. The number of methoxy groups -OCH3 is 1. The summed E-state index contributed by atoms with van der Waals surface area (Å²) in [6.45, 7) is 5.46. The van der Waals surface area contributed by atoms with E-state index in [0.29, 0.717) is 11.3 Å². The summed E-state index contributed by atoms with van der Waals surface area (Å²) in [5.74, 6) is 2.04. The van der Waals surface area contributed by atoms with Crippen molar-refractivity contribution in [1.82, 2.24) is 5.32 Å². The molecule has 1 aromatic carbocycles. The van der Waals surface area contributed by atoms with E-state index in [0.717, 1.165) is 24.5 Å². The van der Waals surface area contributed by atoms with Gasteiger partial charge in [-0.25, -0.2) is 0 Å². The summed E-state index contributed by atoms with van der Waals surface area (Å²) in [6, 6.07) is 4.57. The first-order valence-electron chi connectivity index (χ1n) is 6.37. The molecule has 2 nitrogen and oxygen atoms in total. The van der Waals surface area contributed by atoms with E-state index in [-0.39, 0.29) is 0 Å². The van der Waals surface area contributed by atoms with Crippen molar-refractivity contribution in [3.63, 3.8) is 0 Å². The SMILES string of the molecule is CCNC1CC(C)SCc2c(OC)ccc(Br)c21. The normalized spacial score (nSPS) is 23.3. The van der Waals surface area contributed by atoms with Gasteiger partial charge in [-0.3, -0.25) is 0 Å². The Hall–Kier alpha value is -0.190. The Morgan fingerprint density at radius 1 is 1.50 bits per heavy atom. The predicted molar refractivity (Wildman–Crippen MR) is 82.5 cm³/mol. The Bertz CT molecular complexity index is 425. The quantitative estimate of drug-likeness (QED) is 0.900. The molecule has 0 fully saturated rings. The van der Waals surface area contributed by atoms with Crippen LogP contribution in [0.25, 0.3) is 0 Å². The van der Waals surface area contributed by atoms with Crippen LogP contribution in [-0.2, 0) is 5.75 Å². The predicted octanol–water partition coefficient (Wildman–Crippen LogP) is 4.13. The van der Waals surface area contributed by atoms with Crippen LogP contribution in [-0.4, -0.2) is 18.9 Å². The third kappa shape index (κ3) is 2.86. The minimum Gasteiger partial charge on any atom is -0.496 e. The highest BCUT2D eigenvalue weighted by molar-refractivity contribution is 9.10. The lowest BCUT2D eigenvalue weighted by Gasteiger charge is -2.22. The third-order valence-electron chi connectivity index (χ3n) is 3.36. The molecule has 0 amide bonds. The summed E-state index contributed by atoms with van der Waals surface area (Å²) in [4.78, 5) is 0. The van der Waals surface area contributed by atoms with Crippen LogP contribution in [0.2, 0.25) is 0 Å². The maximum atomic E-state index is 5.52. The number of hydrogen-bond acceptors (Lipinski definition) is 3. The molecule has 0 saturated heterocycles. The minimum atomic E-state index is 0.416. The second-order valence-electron chi connectivity index (χ2n) is 4.61. The number of fused-ring (bicyclic) bond motifs is 1. The maximum absolute atomic E-state index is 5.52. The Morgan fingerprint density at radius 3 is 2.94 bits per heavy atom. The Balaban J connectivity index is 2.49. The molecule has 1 N–H and O–H groups in total. The molecule has 0 bridgehead atoms. The summed E-state index contributed by atoms with van der Waals surface area (Å²) < 4.78 is 6.72. The van der Waals surface area contributed by atoms with Crippen LogP contribution in [0.4, 0.5) is 0 Å². The number of benzene rings is 1. The standard InChI is InChI=1S/C14H20BrNOS/c1-4-16-12-7-9(2)18-8-10-13(17-3)6-5-11(15)14(10)12/h5-6,9,12,16H,4,7-8H2,1-3H3. The lowest BCUT2D eigenvalue weighted by molar-refractivity contribution is 0.408. The zero-order valence-corrected chi connectivity index (χ0v) is 13.5.